The highest BCUT2D eigenvalue weighted by atomic mass is 32.1. The largest absolute Gasteiger partial charge is 0.458 e. The quantitative estimate of drug-likeness (QED) is 0.164. The van der Waals surface area contributed by atoms with Crippen LogP contribution in [0.5, 0.6) is 11.5 Å². The predicted molar refractivity (Wildman–Crippen MR) is 309 cm³/mol. The summed E-state index contributed by atoms with van der Waals surface area (Å²) in [7, 11) is 0. The minimum atomic E-state index is -0.136. The van der Waals surface area contributed by atoms with Crippen molar-refractivity contribution in [3.8, 4) is 11.5 Å². The zero-order chi connectivity index (χ0) is 49.6. The third kappa shape index (κ3) is 7.67. The Bertz CT molecular complexity index is 3480. The van der Waals surface area contributed by atoms with E-state index in [2.05, 4.69) is 247 Å². The van der Waals surface area contributed by atoms with E-state index in [0.29, 0.717) is 0 Å². The molecule has 0 radical (unpaired) electrons. The summed E-state index contributed by atoms with van der Waals surface area (Å²) in [4.78, 5) is 5.16. The topological polar surface area (TPSA) is 15.7 Å². The Morgan fingerprint density at radius 3 is 1.60 bits per heavy atom. The third-order valence-corrected chi connectivity index (χ3v) is 17.3. The second-order valence-corrected chi connectivity index (χ2v) is 27.3. The van der Waals surface area contributed by atoms with E-state index in [1.165, 1.54) is 96.5 Å². The van der Waals surface area contributed by atoms with E-state index in [9.17, 15) is 0 Å². The first kappa shape index (κ1) is 46.6. The fourth-order valence-corrected chi connectivity index (χ4v) is 13.2. The number of ether oxygens (including phenoxy) is 1. The lowest BCUT2D eigenvalue weighted by molar-refractivity contribution is 0.482. The Morgan fingerprint density at radius 1 is 0.457 bits per heavy atom. The molecule has 0 bridgehead atoms. The van der Waals surface area contributed by atoms with E-state index in [0.717, 1.165) is 22.9 Å². The molecule has 7 aromatic carbocycles. The number of hydrogen-bond acceptors (Lipinski definition) is 5. The predicted octanol–water partition coefficient (Wildman–Crippen LogP) is 17.6. The van der Waals surface area contributed by atoms with Crippen LogP contribution < -0.4 is 30.2 Å². The molecule has 70 heavy (non-hydrogen) atoms. The molecule has 2 aliphatic rings. The van der Waals surface area contributed by atoms with Gasteiger partial charge in [-0.25, -0.2) is 0 Å². The van der Waals surface area contributed by atoms with E-state index in [1.54, 1.807) is 0 Å². The fraction of sp³-hybridized carbons (Fsp3) is 0.312. The van der Waals surface area contributed by atoms with E-state index in [4.69, 9.17) is 4.74 Å². The lowest BCUT2D eigenvalue weighted by Crippen LogP contribution is -2.58. The molecule has 0 amide bonds. The molecule has 0 unspecified atom stereocenters. The van der Waals surface area contributed by atoms with Crippen molar-refractivity contribution in [3.05, 3.63) is 161 Å². The van der Waals surface area contributed by atoms with Gasteiger partial charge in [-0.1, -0.05) is 165 Å². The molecule has 3 nitrogen and oxygen atoms in total. The molecule has 9 aromatic rings. The van der Waals surface area contributed by atoms with Crippen molar-refractivity contribution in [2.75, 3.05) is 9.80 Å². The SMILES string of the molecule is CC(C)(C)c1ccc(N(c2ccc(C(C)(C)C)cc2)c2ccc(N3c4cc(C(C)(C)C)cc5c4B(c4cc(C(C)(C)C)ccc4O5)c4sc5ccc(C(C)(C)C)cc5c43)c3c2sc2ccccc23)cc1. The minimum absolute atomic E-state index is 0.00317. The summed E-state index contributed by atoms with van der Waals surface area (Å²) in [6, 6.07) is 51.5. The van der Waals surface area contributed by atoms with Crippen molar-refractivity contribution < 1.29 is 4.74 Å². The summed E-state index contributed by atoms with van der Waals surface area (Å²) >= 11 is 3.86. The van der Waals surface area contributed by atoms with E-state index < -0.39 is 0 Å². The zero-order valence-corrected chi connectivity index (χ0v) is 45.5. The van der Waals surface area contributed by atoms with Gasteiger partial charge in [0.15, 0.2) is 0 Å². The fourth-order valence-electron chi connectivity index (χ4n) is 10.7. The summed E-state index contributed by atoms with van der Waals surface area (Å²) in [5, 5.41) is 3.83. The van der Waals surface area contributed by atoms with Crippen LogP contribution in [0.4, 0.5) is 34.1 Å². The van der Waals surface area contributed by atoms with Crippen molar-refractivity contribution in [2.24, 2.45) is 0 Å². The lowest BCUT2D eigenvalue weighted by Gasteiger charge is -2.40. The second kappa shape index (κ2) is 15.8. The molecule has 0 saturated carbocycles. The molecule has 6 heteroatoms. The Hall–Kier alpha value is -5.82. The molecular formula is C64H67BN2OS2. The molecule has 2 aromatic heterocycles. The van der Waals surface area contributed by atoms with Crippen LogP contribution in [0, 0.1) is 0 Å². The van der Waals surface area contributed by atoms with Gasteiger partial charge in [0.2, 0.25) is 0 Å². The maximum absolute atomic E-state index is 7.19. The Kier molecular flexibility index (Phi) is 10.5. The van der Waals surface area contributed by atoms with Crippen LogP contribution in [0.15, 0.2) is 133 Å². The molecule has 0 saturated heterocycles. The van der Waals surface area contributed by atoms with Crippen LogP contribution >= 0.6 is 22.7 Å². The van der Waals surface area contributed by atoms with Crippen LogP contribution in [0.2, 0.25) is 0 Å². The van der Waals surface area contributed by atoms with Crippen molar-refractivity contribution in [1.29, 1.82) is 0 Å². The van der Waals surface area contributed by atoms with Gasteiger partial charge >= 0.3 is 0 Å². The third-order valence-electron chi connectivity index (χ3n) is 14.9. The first-order valence-corrected chi connectivity index (χ1v) is 26.8. The summed E-state index contributed by atoms with van der Waals surface area (Å²) in [6.07, 6.45) is 0. The molecule has 2 aliphatic heterocycles. The monoisotopic (exact) mass is 954 g/mol. The minimum Gasteiger partial charge on any atom is -0.458 e. The summed E-state index contributed by atoms with van der Waals surface area (Å²) in [6.45, 7) is 34.7. The molecule has 0 spiro atoms. The number of thiophene rings is 2. The van der Waals surface area contributed by atoms with Gasteiger partial charge in [-0.15, -0.1) is 22.7 Å². The number of anilines is 6. The zero-order valence-electron chi connectivity index (χ0n) is 43.9. The summed E-state index contributed by atoms with van der Waals surface area (Å²) in [5.74, 6) is 1.91. The Balaban J connectivity index is 1.24. The van der Waals surface area contributed by atoms with Gasteiger partial charge in [0.1, 0.15) is 11.5 Å². The molecule has 0 atom stereocenters. The van der Waals surface area contributed by atoms with E-state index in [1.807, 2.05) is 22.7 Å². The number of nitrogens with zero attached hydrogens (tertiary/aromatic N) is 2. The highest BCUT2D eigenvalue weighted by Crippen LogP contribution is 2.54. The average molecular weight is 955 g/mol. The molecule has 0 N–H and O–H groups in total. The van der Waals surface area contributed by atoms with Gasteiger partial charge in [-0.3, -0.25) is 0 Å². The Morgan fingerprint density at radius 2 is 1.00 bits per heavy atom. The molecule has 354 valence electrons. The van der Waals surface area contributed by atoms with Gasteiger partial charge in [0.05, 0.1) is 21.8 Å². The standard InChI is InChI=1S/C64H67BN2OS2/c1-60(2,3)38-20-26-43(27-21-38)66(44-28-22-39(23-29-44)61(4,5)6)49-31-30-48(55-45-18-16-17-19-53(45)69-58(49)55)67-50-36-42(64(13,14)15)37-52-56(50)65(47-35-41(63(10,11)12)24-32-51(47)68-52)59-57(67)46-34-40(62(7,8)9)25-33-54(46)70-59/h16-37H,1-15H3. The van der Waals surface area contributed by atoms with Gasteiger partial charge in [0.25, 0.3) is 6.71 Å². The molecular weight excluding hydrogens is 888 g/mol. The number of rotatable bonds is 4. The molecule has 0 fully saturated rings. The van der Waals surface area contributed by atoms with Crippen molar-refractivity contribution in [3.63, 3.8) is 0 Å². The molecule has 0 aliphatic carbocycles. The van der Waals surface area contributed by atoms with Gasteiger partial charge in [0, 0.05) is 47.4 Å². The van der Waals surface area contributed by atoms with Gasteiger partial charge in [-0.2, -0.15) is 0 Å². The summed E-state index contributed by atoms with van der Waals surface area (Å²) in [5.41, 5.74) is 16.1. The van der Waals surface area contributed by atoms with E-state index >= 15 is 0 Å². The van der Waals surface area contributed by atoms with Crippen molar-refractivity contribution >= 4 is 109 Å². The summed E-state index contributed by atoms with van der Waals surface area (Å²) < 4.78 is 12.4. The van der Waals surface area contributed by atoms with Crippen molar-refractivity contribution in [1.82, 2.24) is 0 Å². The molecule has 11 rings (SSSR count). The first-order valence-electron chi connectivity index (χ1n) is 25.2. The average Bonchev–Trinajstić information content (AvgIpc) is 3.87. The lowest BCUT2D eigenvalue weighted by atomic mass is 9.36. The van der Waals surface area contributed by atoms with Crippen LogP contribution in [-0.4, -0.2) is 6.71 Å². The smallest absolute Gasteiger partial charge is 0.268 e. The van der Waals surface area contributed by atoms with Crippen LogP contribution in [-0.2, 0) is 27.1 Å². The Labute approximate surface area is 425 Å². The van der Waals surface area contributed by atoms with Crippen LogP contribution in [0.3, 0.4) is 0 Å². The number of fused-ring (bicyclic) bond motifs is 9. The number of benzene rings is 7. The highest BCUT2D eigenvalue weighted by Gasteiger charge is 2.46. The maximum atomic E-state index is 7.19. The maximum Gasteiger partial charge on any atom is 0.268 e. The highest BCUT2D eigenvalue weighted by molar-refractivity contribution is 7.33. The number of hydrogen-bond donors (Lipinski definition) is 0. The second-order valence-electron chi connectivity index (χ2n) is 25.1. The van der Waals surface area contributed by atoms with Crippen LogP contribution in [0.25, 0.3) is 30.3 Å². The first-order chi connectivity index (χ1) is 32.9. The van der Waals surface area contributed by atoms with Crippen molar-refractivity contribution in [2.45, 2.75) is 131 Å². The van der Waals surface area contributed by atoms with Gasteiger partial charge in [-0.05, 0) is 139 Å². The van der Waals surface area contributed by atoms with Crippen LogP contribution in [0.1, 0.15) is 132 Å². The van der Waals surface area contributed by atoms with Gasteiger partial charge < -0.3 is 14.5 Å². The normalized spacial score (nSPS) is 14.0. The molecule has 4 heterocycles. The van der Waals surface area contributed by atoms with E-state index in [-0.39, 0.29) is 33.8 Å².